The number of aromatic nitrogens is 2. The number of benzene rings is 2. The Morgan fingerprint density at radius 1 is 1.08 bits per heavy atom. The fraction of sp³-hybridized carbons (Fsp3) is 0.444. The van der Waals surface area contributed by atoms with Gasteiger partial charge in [-0.05, 0) is 50.4 Å². The van der Waals surface area contributed by atoms with Crippen LogP contribution in [0.25, 0.3) is 11.4 Å². The summed E-state index contributed by atoms with van der Waals surface area (Å²) >= 11 is 0. The van der Waals surface area contributed by atoms with Crippen molar-refractivity contribution in [1.29, 1.82) is 0 Å². The lowest BCUT2D eigenvalue weighted by atomic mass is 9.97. The van der Waals surface area contributed by atoms with E-state index in [0.717, 1.165) is 44.2 Å². The molecular formula is C27H33N5O5S. The van der Waals surface area contributed by atoms with Crippen LogP contribution >= 0.6 is 0 Å². The summed E-state index contributed by atoms with van der Waals surface area (Å²) in [6.45, 7) is 2.82. The number of methoxy groups -OCH3 is 1. The second-order valence-electron chi connectivity index (χ2n) is 9.77. The highest BCUT2D eigenvalue weighted by molar-refractivity contribution is 7.89. The molecule has 3 heterocycles. The highest BCUT2D eigenvalue weighted by atomic mass is 32.2. The third-order valence-corrected chi connectivity index (χ3v) is 9.02. The molecule has 11 heteroatoms. The quantitative estimate of drug-likeness (QED) is 0.460. The van der Waals surface area contributed by atoms with E-state index in [2.05, 4.69) is 20.4 Å². The predicted molar refractivity (Wildman–Crippen MR) is 142 cm³/mol. The zero-order chi connectivity index (χ0) is 26.5. The smallest absolute Gasteiger partial charge is 0.246 e. The maximum atomic E-state index is 13.3. The van der Waals surface area contributed by atoms with Crippen LogP contribution in [0.3, 0.4) is 0 Å². The first-order valence-corrected chi connectivity index (χ1v) is 14.5. The second kappa shape index (κ2) is 11.6. The van der Waals surface area contributed by atoms with Gasteiger partial charge in [-0.2, -0.15) is 9.29 Å². The van der Waals surface area contributed by atoms with Crippen molar-refractivity contribution < 1.29 is 22.5 Å². The van der Waals surface area contributed by atoms with Crippen molar-refractivity contribution >= 4 is 21.6 Å². The minimum atomic E-state index is -3.72. The van der Waals surface area contributed by atoms with Gasteiger partial charge >= 0.3 is 0 Å². The SMILES string of the molecule is COc1ccc(NC(=O)C2CCCN(Cc3nc(-c4ccccc4)no3)C2)cc1S(=O)(=O)N1CCCCC1. The average molecular weight is 540 g/mol. The minimum Gasteiger partial charge on any atom is -0.495 e. The molecule has 3 aromatic rings. The third kappa shape index (κ3) is 5.90. The minimum absolute atomic E-state index is 0.0792. The van der Waals surface area contributed by atoms with Gasteiger partial charge in [-0.3, -0.25) is 9.69 Å². The van der Waals surface area contributed by atoms with E-state index >= 15 is 0 Å². The van der Waals surface area contributed by atoms with Crippen LogP contribution in [0.4, 0.5) is 5.69 Å². The summed E-state index contributed by atoms with van der Waals surface area (Å²) in [4.78, 5) is 19.9. The van der Waals surface area contributed by atoms with Gasteiger partial charge in [-0.15, -0.1) is 0 Å². The number of rotatable bonds is 8. The number of anilines is 1. The molecule has 202 valence electrons. The highest BCUT2D eigenvalue weighted by Crippen LogP contribution is 2.31. The van der Waals surface area contributed by atoms with Crippen molar-refractivity contribution in [2.75, 3.05) is 38.6 Å². The van der Waals surface area contributed by atoms with E-state index in [1.807, 2.05) is 30.3 Å². The fourth-order valence-corrected chi connectivity index (χ4v) is 6.77. The maximum Gasteiger partial charge on any atom is 0.246 e. The Morgan fingerprint density at radius 2 is 1.87 bits per heavy atom. The van der Waals surface area contributed by atoms with Crippen molar-refractivity contribution in [2.45, 2.75) is 43.5 Å². The van der Waals surface area contributed by atoms with E-state index in [1.165, 1.54) is 17.5 Å². The first-order chi connectivity index (χ1) is 18.4. The summed E-state index contributed by atoms with van der Waals surface area (Å²) in [7, 11) is -2.27. The van der Waals surface area contributed by atoms with Crippen LogP contribution in [0.2, 0.25) is 0 Å². The number of likely N-dealkylation sites (tertiary alicyclic amines) is 1. The molecular weight excluding hydrogens is 506 g/mol. The molecule has 0 radical (unpaired) electrons. The Balaban J connectivity index is 1.24. The number of hydrogen-bond acceptors (Lipinski definition) is 8. The van der Waals surface area contributed by atoms with Crippen LogP contribution < -0.4 is 10.1 Å². The number of sulfonamides is 1. The Kier molecular flexibility index (Phi) is 8.06. The standard InChI is InChI=1S/C27H33N5O5S/c1-36-23-13-12-22(17-24(23)38(34,35)32-15-6-3-7-16-32)28-27(33)21-11-8-14-31(18-21)19-25-29-26(30-37-25)20-9-4-2-5-10-20/h2,4-5,9-10,12-13,17,21H,3,6-8,11,14-16,18-19H2,1H3,(H,28,33). The number of hydrogen-bond donors (Lipinski definition) is 1. The summed E-state index contributed by atoms with van der Waals surface area (Å²) < 4.78 is 39.0. The van der Waals surface area contributed by atoms with E-state index in [1.54, 1.807) is 12.1 Å². The Hall–Kier alpha value is -3.28. The number of ether oxygens (including phenoxy) is 1. The van der Waals surface area contributed by atoms with Gasteiger partial charge in [-0.1, -0.05) is 41.9 Å². The monoisotopic (exact) mass is 539 g/mol. The average Bonchev–Trinajstić information content (AvgIpc) is 3.42. The molecule has 5 rings (SSSR count). The molecule has 2 aliphatic heterocycles. The molecule has 2 saturated heterocycles. The zero-order valence-corrected chi connectivity index (χ0v) is 22.3. The van der Waals surface area contributed by atoms with Gasteiger partial charge in [-0.25, -0.2) is 8.42 Å². The van der Waals surface area contributed by atoms with Crippen LogP contribution in [0.1, 0.15) is 38.0 Å². The molecule has 10 nitrogen and oxygen atoms in total. The summed E-state index contributed by atoms with van der Waals surface area (Å²) in [5, 5.41) is 7.02. The maximum absolute atomic E-state index is 13.3. The molecule has 1 aromatic heterocycles. The van der Waals surface area contributed by atoms with Crippen molar-refractivity contribution in [3.63, 3.8) is 0 Å². The second-order valence-corrected chi connectivity index (χ2v) is 11.7. The Labute approximate surface area is 223 Å². The Bertz CT molecular complexity index is 1360. The number of piperidine rings is 2. The van der Waals surface area contributed by atoms with Crippen LogP contribution in [0.5, 0.6) is 5.75 Å². The molecule has 0 saturated carbocycles. The molecule has 0 bridgehead atoms. The highest BCUT2D eigenvalue weighted by Gasteiger charge is 2.31. The first-order valence-electron chi connectivity index (χ1n) is 13.0. The van der Waals surface area contributed by atoms with Gasteiger partial charge in [0.25, 0.3) is 0 Å². The van der Waals surface area contributed by atoms with Crippen molar-refractivity contribution in [3.05, 3.63) is 54.4 Å². The van der Waals surface area contributed by atoms with Crippen molar-refractivity contribution in [2.24, 2.45) is 5.92 Å². The first kappa shape index (κ1) is 26.3. The van der Waals surface area contributed by atoms with E-state index in [4.69, 9.17) is 9.26 Å². The number of nitrogens with one attached hydrogen (secondary N) is 1. The largest absolute Gasteiger partial charge is 0.495 e. The lowest BCUT2D eigenvalue weighted by Crippen LogP contribution is -2.40. The van der Waals surface area contributed by atoms with Crippen LogP contribution in [-0.2, 0) is 21.4 Å². The van der Waals surface area contributed by atoms with Crippen molar-refractivity contribution in [3.8, 4) is 17.1 Å². The van der Waals surface area contributed by atoms with E-state index in [-0.39, 0.29) is 22.5 Å². The summed E-state index contributed by atoms with van der Waals surface area (Å²) in [5.74, 6) is 0.933. The third-order valence-electron chi connectivity index (χ3n) is 7.10. The van der Waals surface area contributed by atoms with Crippen molar-refractivity contribution in [1.82, 2.24) is 19.3 Å². The van der Waals surface area contributed by atoms with Gasteiger partial charge in [0.2, 0.25) is 27.6 Å². The fourth-order valence-electron chi connectivity index (χ4n) is 5.07. The summed E-state index contributed by atoms with van der Waals surface area (Å²) in [6, 6.07) is 14.4. The van der Waals surface area contributed by atoms with Crippen LogP contribution in [0, 0.1) is 5.92 Å². The normalized spacial score (nSPS) is 19.2. The number of nitrogens with zero attached hydrogens (tertiary/aromatic N) is 4. The lowest BCUT2D eigenvalue weighted by Gasteiger charge is -2.31. The Morgan fingerprint density at radius 3 is 2.63 bits per heavy atom. The van der Waals surface area contributed by atoms with Gasteiger partial charge in [0, 0.05) is 30.9 Å². The van der Waals surface area contributed by atoms with Crippen LogP contribution in [0.15, 0.2) is 57.9 Å². The van der Waals surface area contributed by atoms with Gasteiger partial charge in [0.15, 0.2) is 0 Å². The molecule has 0 spiro atoms. The number of carbonyl (C=O) groups is 1. The molecule has 2 aliphatic rings. The van der Waals surface area contributed by atoms with Gasteiger partial charge in [0.05, 0.1) is 19.6 Å². The van der Waals surface area contributed by atoms with Gasteiger partial charge in [0.1, 0.15) is 10.6 Å². The molecule has 1 atom stereocenters. The molecule has 1 N–H and O–H groups in total. The summed E-state index contributed by atoms with van der Waals surface area (Å²) in [6.07, 6.45) is 4.31. The molecule has 38 heavy (non-hydrogen) atoms. The van der Waals surface area contributed by atoms with Crippen LogP contribution in [-0.4, -0.2) is 67.0 Å². The van der Waals surface area contributed by atoms with E-state index in [9.17, 15) is 13.2 Å². The number of carbonyl (C=O) groups excluding carboxylic acids is 1. The van der Waals surface area contributed by atoms with E-state index < -0.39 is 10.0 Å². The molecule has 1 unspecified atom stereocenters. The summed E-state index contributed by atoms with van der Waals surface area (Å²) in [5.41, 5.74) is 1.33. The zero-order valence-electron chi connectivity index (χ0n) is 21.5. The van der Waals surface area contributed by atoms with E-state index in [0.29, 0.717) is 43.6 Å². The van der Waals surface area contributed by atoms with Gasteiger partial charge < -0.3 is 14.6 Å². The molecule has 2 aromatic carbocycles. The predicted octanol–water partition coefficient (Wildman–Crippen LogP) is 3.77. The topological polar surface area (TPSA) is 118 Å². The lowest BCUT2D eigenvalue weighted by molar-refractivity contribution is -0.121. The number of amides is 1. The molecule has 0 aliphatic carbocycles. The molecule has 1 amide bonds. The molecule has 2 fully saturated rings.